The molecule has 2 rings (SSSR count). The minimum Gasteiger partial charge on any atom is -0.508 e. The number of hydrogen-bond acceptors (Lipinski definition) is 2. The first-order valence-electron chi connectivity index (χ1n) is 7.38. The van der Waals surface area contributed by atoms with Gasteiger partial charge in [-0.05, 0) is 30.5 Å². The molecular formula is C16H20F3NO2. The van der Waals surface area contributed by atoms with E-state index in [2.05, 4.69) is 0 Å². The monoisotopic (exact) mass is 315 g/mol. The van der Waals surface area contributed by atoms with Gasteiger partial charge in [-0.1, -0.05) is 25.0 Å². The Bertz CT molecular complexity index is 513. The lowest BCUT2D eigenvalue weighted by Gasteiger charge is -2.34. The molecule has 6 heteroatoms. The molecule has 0 spiro atoms. The molecule has 122 valence electrons. The second-order valence-electron chi connectivity index (χ2n) is 5.90. The largest absolute Gasteiger partial charge is 0.508 e. The normalized spacial score (nSPS) is 22.4. The third-order valence-electron chi connectivity index (χ3n) is 4.24. The quantitative estimate of drug-likeness (QED) is 0.923. The molecule has 1 aliphatic carbocycles. The Morgan fingerprint density at radius 3 is 2.41 bits per heavy atom. The summed E-state index contributed by atoms with van der Waals surface area (Å²) in [6.45, 7) is 0.236. The highest BCUT2D eigenvalue weighted by Gasteiger charge is 2.48. The molecule has 2 unspecified atom stereocenters. The molecule has 3 nitrogen and oxygen atoms in total. The number of benzene rings is 1. The van der Waals surface area contributed by atoms with E-state index in [-0.39, 0.29) is 18.7 Å². The molecule has 1 aromatic carbocycles. The van der Waals surface area contributed by atoms with Crippen molar-refractivity contribution in [3.63, 3.8) is 0 Å². The Morgan fingerprint density at radius 1 is 1.23 bits per heavy atom. The minimum absolute atomic E-state index is 0.0347. The van der Waals surface area contributed by atoms with Crippen molar-refractivity contribution in [1.82, 2.24) is 4.90 Å². The number of phenolic OH excluding ortho intramolecular Hbond substituents is 1. The third kappa shape index (κ3) is 3.93. The number of amides is 1. The van der Waals surface area contributed by atoms with Gasteiger partial charge in [0.05, 0.1) is 5.92 Å². The molecule has 1 amide bonds. The van der Waals surface area contributed by atoms with Gasteiger partial charge in [-0.25, -0.2) is 0 Å². The van der Waals surface area contributed by atoms with E-state index in [9.17, 15) is 23.1 Å². The number of carbonyl (C=O) groups is 1. The van der Waals surface area contributed by atoms with Crippen LogP contribution in [0.3, 0.4) is 0 Å². The number of aromatic hydroxyl groups is 1. The summed E-state index contributed by atoms with van der Waals surface area (Å²) in [6, 6.07) is 6.29. The maximum atomic E-state index is 13.1. The summed E-state index contributed by atoms with van der Waals surface area (Å²) in [4.78, 5) is 13.8. The van der Waals surface area contributed by atoms with Crippen molar-refractivity contribution < 1.29 is 23.1 Å². The number of phenols is 1. The lowest BCUT2D eigenvalue weighted by atomic mass is 9.78. The molecule has 2 atom stereocenters. The molecule has 1 saturated carbocycles. The van der Waals surface area contributed by atoms with Gasteiger partial charge in [0, 0.05) is 19.5 Å². The molecule has 1 N–H and O–H groups in total. The maximum absolute atomic E-state index is 13.1. The second kappa shape index (κ2) is 6.58. The number of alkyl halides is 3. The second-order valence-corrected chi connectivity index (χ2v) is 5.90. The standard InChI is InChI=1S/C16H20F3NO2/c1-20(10-11-6-8-12(21)9-7-11)15(22)13-4-2-3-5-14(13)16(17,18)19/h6-9,13-14,21H,2-5,10H2,1H3. The van der Waals surface area contributed by atoms with Gasteiger partial charge in [-0.3, -0.25) is 4.79 Å². The van der Waals surface area contributed by atoms with Crippen molar-refractivity contribution in [2.75, 3.05) is 7.05 Å². The van der Waals surface area contributed by atoms with E-state index in [0.717, 1.165) is 5.56 Å². The number of hydrogen-bond donors (Lipinski definition) is 1. The van der Waals surface area contributed by atoms with E-state index in [4.69, 9.17) is 0 Å². The first kappa shape index (κ1) is 16.6. The highest BCUT2D eigenvalue weighted by Crippen LogP contribution is 2.42. The van der Waals surface area contributed by atoms with Gasteiger partial charge < -0.3 is 10.0 Å². The van der Waals surface area contributed by atoms with Crippen LogP contribution in [0.15, 0.2) is 24.3 Å². The molecule has 0 bridgehead atoms. The Kier molecular flexibility index (Phi) is 4.98. The van der Waals surface area contributed by atoms with Crippen LogP contribution in [0.4, 0.5) is 13.2 Å². The number of halogens is 3. The number of carbonyl (C=O) groups excluding carboxylic acids is 1. The summed E-state index contributed by atoms with van der Waals surface area (Å²) in [5, 5.41) is 9.22. The third-order valence-corrected chi connectivity index (χ3v) is 4.24. The summed E-state index contributed by atoms with van der Waals surface area (Å²) in [6.07, 6.45) is -2.80. The van der Waals surface area contributed by atoms with Crippen molar-refractivity contribution in [1.29, 1.82) is 0 Å². The fourth-order valence-corrected chi connectivity index (χ4v) is 3.05. The molecule has 0 radical (unpaired) electrons. The predicted molar refractivity (Wildman–Crippen MR) is 76.1 cm³/mol. The summed E-state index contributed by atoms with van der Waals surface area (Å²) >= 11 is 0. The van der Waals surface area contributed by atoms with Crippen LogP contribution in [0.2, 0.25) is 0 Å². The zero-order valence-electron chi connectivity index (χ0n) is 12.4. The zero-order chi connectivity index (χ0) is 16.3. The fourth-order valence-electron chi connectivity index (χ4n) is 3.05. The van der Waals surface area contributed by atoms with Gasteiger partial charge >= 0.3 is 6.18 Å². The first-order valence-corrected chi connectivity index (χ1v) is 7.38. The summed E-state index contributed by atoms with van der Waals surface area (Å²) in [5.74, 6) is -2.84. The maximum Gasteiger partial charge on any atom is 0.392 e. The lowest BCUT2D eigenvalue weighted by molar-refractivity contribution is -0.200. The molecule has 0 aromatic heterocycles. The van der Waals surface area contributed by atoms with Crippen LogP contribution >= 0.6 is 0 Å². The van der Waals surface area contributed by atoms with Crippen LogP contribution in [-0.2, 0) is 11.3 Å². The Morgan fingerprint density at radius 2 is 1.82 bits per heavy atom. The number of rotatable bonds is 3. The Hall–Kier alpha value is -1.72. The van der Waals surface area contributed by atoms with Crippen molar-refractivity contribution in [3.05, 3.63) is 29.8 Å². The summed E-state index contributed by atoms with van der Waals surface area (Å²) < 4.78 is 39.3. The average molecular weight is 315 g/mol. The smallest absolute Gasteiger partial charge is 0.392 e. The van der Waals surface area contributed by atoms with Crippen molar-refractivity contribution in [2.45, 2.75) is 38.4 Å². The van der Waals surface area contributed by atoms with Crippen LogP contribution in [0.25, 0.3) is 0 Å². The molecule has 1 aliphatic rings. The molecule has 22 heavy (non-hydrogen) atoms. The molecule has 0 aliphatic heterocycles. The molecule has 0 saturated heterocycles. The van der Waals surface area contributed by atoms with Gasteiger partial charge in [0.15, 0.2) is 0 Å². The Balaban J connectivity index is 2.06. The van der Waals surface area contributed by atoms with Crippen molar-refractivity contribution >= 4 is 5.91 Å². The fraction of sp³-hybridized carbons (Fsp3) is 0.562. The number of nitrogens with zero attached hydrogens (tertiary/aromatic N) is 1. The van der Waals surface area contributed by atoms with Crippen LogP contribution in [0.1, 0.15) is 31.2 Å². The molecule has 0 heterocycles. The van der Waals surface area contributed by atoms with Gasteiger partial charge in [-0.15, -0.1) is 0 Å². The van der Waals surface area contributed by atoms with E-state index in [1.165, 1.54) is 24.1 Å². The topological polar surface area (TPSA) is 40.5 Å². The average Bonchev–Trinajstić information content (AvgIpc) is 2.48. The predicted octanol–water partition coefficient (Wildman–Crippen LogP) is 3.72. The highest BCUT2D eigenvalue weighted by atomic mass is 19.4. The molecule has 1 aromatic rings. The van der Waals surface area contributed by atoms with E-state index >= 15 is 0 Å². The van der Waals surface area contributed by atoms with Gasteiger partial charge in [0.2, 0.25) is 5.91 Å². The van der Waals surface area contributed by atoms with Crippen LogP contribution in [0.5, 0.6) is 5.75 Å². The minimum atomic E-state index is -4.32. The highest BCUT2D eigenvalue weighted by molar-refractivity contribution is 5.79. The van der Waals surface area contributed by atoms with Crippen LogP contribution in [0, 0.1) is 11.8 Å². The van der Waals surface area contributed by atoms with Gasteiger partial charge in [0.1, 0.15) is 5.75 Å². The van der Waals surface area contributed by atoms with E-state index < -0.39 is 23.9 Å². The van der Waals surface area contributed by atoms with Crippen molar-refractivity contribution in [3.8, 4) is 5.75 Å². The molecule has 1 fully saturated rings. The summed E-state index contributed by atoms with van der Waals surface area (Å²) in [7, 11) is 1.53. The summed E-state index contributed by atoms with van der Waals surface area (Å²) in [5.41, 5.74) is 0.771. The zero-order valence-corrected chi connectivity index (χ0v) is 12.4. The molecular weight excluding hydrogens is 295 g/mol. The van der Waals surface area contributed by atoms with Gasteiger partial charge in [0.25, 0.3) is 0 Å². The Labute approximate surface area is 127 Å². The van der Waals surface area contributed by atoms with E-state index in [1.54, 1.807) is 12.1 Å². The van der Waals surface area contributed by atoms with Crippen LogP contribution < -0.4 is 0 Å². The first-order chi connectivity index (χ1) is 10.3. The van der Waals surface area contributed by atoms with Crippen LogP contribution in [-0.4, -0.2) is 29.1 Å². The van der Waals surface area contributed by atoms with E-state index in [0.29, 0.717) is 19.3 Å². The SMILES string of the molecule is CN(Cc1ccc(O)cc1)C(=O)C1CCCCC1C(F)(F)F. The van der Waals surface area contributed by atoms with Gasteiger partial charge in [-0.2, -0.15) is 13.2 Å². The van der Waals surface area contributed by atoms with Crippen molar-refractivity contribution in [2.24, 2.45) is 11.8 Å². The van der Waals surface area contributed by atoms with E-state index in [1.807, 2.05) is 0 Å². The lowest BCUT2D eigenvalue weighted by Crippen LogP contribution is -2.43.